The number of nitrogens with zero attached hydrogens (tertiary/aromatic N) is 1. The summed E-state index contributed by atoms with van der Waals surface area (Å²) in [6, 6.07) is 0. The van der Waals surface area contributed by atoms with Crippen LogP contribution in [0.5, 0.6) is 0 Å². The van der Waals surface area contributed by atoms with Gasteiger partial charge >= 0.3 is 5.97 Å². The molecule has 0 aromatic rings. The Morgan fingerprint density at radius 1 is 0.833 bits per heavy atom. The molecule has 0 aromatic carbocycles. The third kappa shape index (κ3) is 10.5. The third-order valence-corrected chi connectivity index (χ3v) is 2.41. The van der Waals surface area contributed by atoms with E-state index < -0.39 is 0 Å². The summed E-state index contributed by atoms with van der Waals surface area (Å²) in [7, 11) is 4.89. The lowest BCUT2D eigenvalue weighted by Crippen LogP contribution is -2.33. The number of hydrogen-bond donors (Lipinski definition) is 0. The molecule has 0 radical (unpaired) electrons. The maximum atomic E-state index is 11.4. The van der Waals surface area contributed by atoms with Crippen molar-refractivity contribution in [3.8, 4) is 0 Å². The second-order valence-corrected chi connectivity index (χ2v) is 3.79. The van der Waals surface area contributed by atoms with Crippen LogP contribution >= 0.6 is 0 Å². The second kappa shape index (κ2) is 12.8. The van der Waals surface area contributed by atoms with Gasteiger partial charge in [0, 0.05) is 41.0 Å². The normalized spacial score (nSPS) is 10.9. The lowest BCUT2D eigenvalue weighted by Gasteiger charge is -2.20. The molecule has 0 spiro atoms. The van der Waals surface area contributed by atoms with Gasteiger partial charge in [0.2, 0.25) is 0 Å². The average molecular weight is 263 g/mol. The van der Waals surface area contributed by atoms with Crippen LogP contribution in [0, 0.1) is 0 Å². The SMILES string of the molecule is COCCOC(=O)CCN(CCOC)CCOC. The highest BCUT2D eigenvalue weighted by Crippen LogP contribution is 1.95. The summed E-state index contributed by atoms with van der Waals surface area (Å²) in [6.45, 7) is 4.24. The number of esters is 1. The van der Waals surface area contributed by atoms with E-state index in [0.717, 1.165) is 13.1 Å². The summed E-state index contributed by atoms with van der Waals surface area (Å²) in [6.07, 6.45) is 0.372. The van der Waals surface area contributed by atoms with Gasteiger partial charge in [0.05, 0.1) is 26.2 Å². The van der Waals surface area contributed by atoms with Crippen LogP contribution < -0.4 is 0 Å². The summed E-state index contributed by atoms with van der Waals surface area (Å²) in [4.78, 5) is 13.5. The van der Waals surface area contributed by atoms with E-state index in [0.29, 0.717) is 39.4 Å². The first kappa shape index (κ1) is 17.3. The van der Waals surface area contributed by atoms with E-state index in [4.69, 9.17) is 18.9 Å². The van der Waals surface area contributed by atoms with E-state index in [-0.39, 0.29) is 5.97 Å². The molecule has 0 atom stereocenters. The standard InChI is InChI=1S/C12H25NO5/c1-15-8-6-13(7-9-16-2)5-4-12(14)18-11-10-17-3/h4-11H2,1-3H3. The molecule has 6 nitrogen and oxygen atoms in total. The number of methoxy groups -OCH3 is 3. The van der Waals surface area contributed by atoms with Crippen molar-refractivity contribution >= 4 is 5.97 Å². The molecule has 0 aliphatic rings. The fourth-order valence-corrected chi connectivity index (χ4v) is 1.34. The van der Waals surface area contributed by atoms with Crippen molar-refractivity contribution in [3.63, 3.8) is 0 Å². The average Bonchev–Trinajstić information content (AvgIpc) is 2.38. The summed E-state index contributed by atoms with van der Waals surface area (Å²) >= 11 is 0. The minimum atomic E-state index is -0.202. The predicted molar refractivity (Wildman–Crippen MR) is 67.6 cm³/mol. The van der Waals surface area contributed by atoms with Gasteiger partial charge in [-0.3, -0.25) is 9.69 Å². The third-order valence-electron chi connectivity index (χ3n) is 2.41. The number of carbonyl (C=O) groups is 1. The monoisotopic (exact) mass is 263 g/mol. The Kier molecular flexibility index (Phi) is 12.3. The lowest BCUT2D eigenvalue weighted by atomic mass is 10.3. The minimum Gasteiger partial charge on any atom is -0.463 e. The number of rotatable bonds is 12. The highest BCUT2D eigenvalue weighted by atomic mass is 16.6. The Hall–Kier alpha value is -0.690. The molecule has 0 saturated heterocycles. The van der Waals surface area contributed by atoms with Crippen LogP contribution in [0.1, 0.15) is 6.42 Å². The van der Waals surface area contributed by atoms with Crippen molar-refractivity contribution in [2.75, 3.05) is 67.4 Å². The Bertz CT molecular complexity index is 193. The van der Waals surface area contributed by atoms with Gasteiger partial charge in [-0.25, -0.2) is 0 Å². The number of carbonyl (C=O) groups excluding carboxylic acids is 1. The quantitative estimate of drug-likeness (QED) is 0.369. The van der Waals surface area contributed by atoms with Gasteiger partial charge in [-0.15, -0.1) is 0 Å². The summed E-state index contributed by atoms with van der Waals surface area (Å²) < 4.78 is 19.8. The minimum absolute atomic E-state index is 0.202. The van der Waals surface area contributed by atoms with Gasteiger partial charge in [0.1, 0.15) is 6.61 Å². The van der Waals surface area contributed by atoms with Crippen LogP contribution in [-0.4, -0.2) is 78.3 Å². The van der Waals surface area contributed by atoms with Gasteiger partial charge < -0.3 is 18.9 Å². The highest BCUT2D eigenvalue weighted by molar-refractivity contribution is 5.69. The molecular weight excluding hydrogens is 238 g/mol. The molecular formula is C12H25NO5. The summed E-state index contributed by atoms with van der Waals surface area (Å²) in [5, 5.41) is 0. The Morgan fingerprint density at radius 3 is 1.89 bits per heavy atom. The fraction of sp³-hybridized carbons (Fsp3) is 0.917. The van der Waals surface area contributed by atoms with Gasteiger partial charge in [0.25, 0.3) is 0 Å². The zero-order chi connectivity index (χ0) is 13.6. The molecule has 18 heavy (non-hydrogen) atoms. The van der Waals surface area contributed by atoms with Crippen molar-refractivity contribution in [1.82, 2.24) is 4.90 Å². The predicted octanol–water partition coefficient (Wildman–Crippen LogP) is 0.161. The first-order chi connectivity index (χ1) is 8.74. The maximum Gasteiger partial charge on any atom is 0.307 e. The number of hydrogen-bond acceptors (Lipinski definition) is 6. The molecule has 0 N–H and O–H groups in total. The van der Waals surface area contributed by atoms with Crippen LogP contribution in [0.15, 0.2) is 0 Å². The van der Waals surface area contributed by atoms with Crippen LogP contribution in [-0.2, 0) is 23.7 Å². The van der Waals surface area contributed by atoms with E-state index in [2.05, 4.69) is 4.90 Å². The zero-order valence-corrected chi connectivity index (χ0v) is 11.6. The molecule has 0 amide bonds. The van der Waals surface area contributed by atoms with Crippen molar-refractivity contribution in [2.45, 2.75) is 6.42 Å². The molecule has 0 unspecified atom stereocenters. The summed E-state index contributed by atoms with van der Waals surface area (Å²) in [5.41, 5.74) is 0. The first-order valence-corrected chi connectivity index (χ1v) is 6.09. The van der Waals surface area contributed by atoms with Crippen LogP contribution in [0.25, 0.3) is 0 Å². The molecule has 0 rings (SSSR count). The lowest BCUT2D eigenvalue weighted by molar-refractivity contribution is -0.145. The van der Waals surface area contributed by atoms with Crippen LogP contribution in [0.2, 0.25) is 0 Å². The topological polar surface area (TPSA) is 57.2 Å². The molecule has 0 aliphatic carbocycles. The van der Waals surface area contributed by atoms with E-state index >= 15 is 0 Å². The van der Waals surface area contributed by atoms with Crippen molar-refractivity contribution < 1.29 is 23.7 Å². The second-order valence-electron chi connectivity index (χ2n) is 3.79. The van der Waals surface area contributed by atoms with Gasteiger partial charge in [-0.1, -0.05) is 0 Å². The molecule has 108 valence electrons. The number of ether oxygens (including phenoxy) is 4. The molecule has 0 fully saturated rings. The molecule has 6 heteroatoms. The fourth-order valence-electron chi connectivity index (χ4n) is 1.34. The van der Waals surface area contributed by atoms with Crippen molar-refractivity contribution in [3.05, 3.63) is 0 Å². The van der Waals surface area contributed by atoms with E-state index in [9.17, 15) is 4.79 Å². The van der Waals surface area contributed by atoms with E-state index in [1.165, 1.54) is 0 Å². The summed E-state index contributed by atoms with van der Waals surface area (Å²) in [5.74, 6) is -0.202. The van der Waals surface area contributed by atoms with Gasteiger partial charge in [0.15, 0.2) is 0 Å². The molecule has 0 saturated carbocycles. The molecule has 0 heterocycles. The molecule has 0 aliphatic heterocycles. The van der Waals surface area contributed by atoms with E-state index in [1.807, 2.05) is 0 Å². The van der Waals surface area contributed by atoms with Gasteiger partial charge in [-0.05, 0) is 0 Å². The Labute approximate surface area is 109 Å². The molecule has 0 bridgehead atoms. The first-order valence-electron chi connectivity index (χ1n) is 6.09. The van der Waals surface area contributed by atoms with Crippen molar-refractivity contribution in [2.24, 2.45) is 0 Å². The molecule has 0 aromatic heterocycles. The van der Waals surface area contributed by atoms with Crippen LogP contribution in [0.4, 0.5) is 0 Å². The van der Waals surface area contributed by atoms with E-state index in [1.54, 1.807) is 21.3 Å². The Morgan fingerprint density at radius 2 is 1.39 bits per heavy atom. The maximum absolute atomic E-state index is 11.4. The Balaban J connectivity index is 3.74. The largest absolute Gasteiger partial charge is 0.463 e. The zero-order valence-electron chi connectivity index (χ0n) is 11.6. The van der Waals surface area contributed by atoms with Gasteiger partial charge in [-0.2, -0.15) is 0 Å². The highest BCUT2D eigenvalue weighted by Gasteiger charge is 2.08. The van der Waals surface area contributed by atoms with Crippen molar-refractivity contribution in [1.29, 1.82) is 0 Å². The van der Waals surface area contributed by atoms with Crippen LogP contribution in [0.3, 0.4) is 0 Å². The smallest absolute Gasteiger partial charge is 0.307 e.